The van der Waals surface area contributed by atoms with E-state index in [1.54, 1.807) is 0 Å². The van der Waals surface area contributed by atoms with Crippen LogP contribution in [0, 0.1) is 0 Å². The molecule has 13 nitrogen and oxygen atoms in total. The molecule has 410 valence electrons. The van der Waals surface area contributed by atoms with Crippen LogP contribution in [0.1, 0.15) is 284 Å². The van der Waals surface area contributed by atoms with Crippen molar-refractivity contribution in [3.63, 3.8) is 0 Å². The second-order valence-corrected chi connectivity index (χ2v) is 21.9. The molecule has 1 aliphatic rings. The molecule has 0 bridgehead atoms. The van der Waals surface area contributed by atoms with Crippen molar-refractivity contribution in [2.45, 2.75) is 326 Å². The minimum Gasteiger partial charge on any atom is -0.462 e. The molecule has 0 aromatic carbocycles. The number of phosphoric ester groups is 1. The summed E-state index contributed by atoms with van der Waals surface area (Å²) in [6, 6.07) is 0. The van der Waals surface area contributed by atoms with Crippen LogP contribution in [-0.4, -0.2) is 98.3 Å². The molecule has 6 unspecified atom stereocenters. The molecule has 6 atom stereocenters. The van der Waals surface area contributed by atoms with Gasteiger partial charge in [0.05, 0.1) is 6.61 Å². The van der Waals surface area contributed by atoms with Crippen molar-refractivity contribution in [3.8, 4) is 0 Å². The third-order valence-electron chi connectivity index (χ3n) is 13.9. The summed E-state index contributed by atoms with van der Waals surface area (Å²) in [7, 11) is -5.12. The standard InChI is InChI=1S/C55H107O13P/c1-3-5-7-9-11-13-15-17-19-21-23-25-27-29-31-33-35-37-39-41-43-48(56)65-45-47(46-66-69(63,64)68-55-53(61)51(59)50(58)52(60)54(55)62)67-49(57)44-42-40-38-36-34-32-30-28-26-24-22-20-18-16-14-12-10-8-6-4-2/h47,50-55,58-62H,3-46H2,1-2H3,(H,63,64). The van der Waals surface area contributed by atoms with Gasteiger partial charge in [-0.2, -0.15) is 0 Å². The van der Waals surface area contributed by atoms with Gasteiger partial charge in [-0.15, -0.1) is 0 Å². The zero-order valence-corrected chi connectivity index (χ0v) is 45.0. The predicted octanol–water partition coefficient (Wildman–Crippen LogP) is 13.2. The average Bonchev–Trinajstić information content (AvgIpc) is 3.33. The van der Waals surface area contributed by atoms with Gasteiger partial charge < -0.3 is 39.9 Å². The molecule has 14 heteroatoms. The smallest absolute Gasteiger partial charge is 0.462 e. The molecule has 0 radical (unpaired) electrons. The SMILES string of the molecule is CCCCCCCCCCCCCCCCCCCCCCC(=O)OCC(COP(=O)(O)OC1C(O)C(O)C(O)C(O)C1O)OC(=O)CCCCCCCCCCCCCCCCCCCCCC. The van der Waals surface area contributed by atoms with E-state index in [1.165, 1.54) is 205 Å². The summed E-state index contributed by atoms with van der Waals surface area (Å²) >= 11 is 0. The number of esters is 2. The van der Waals surface area contributed by atoms with Crippen molar-refractivity contribution < 1.29 is 63.1 Å². The summed E-state index contributed by atoms with van der Waals surface area (Å²) in [5.41, 5.74) is 0. The van der Waals surface area contributed by atoms with E-state index in [0.29, 0.717) is 12.8 Å². The molecular weight excluding hydrogens is 900 g/mol. The Kier molecular flexibility index (Phi) is 43.4. The molecule has 1 rings (SSSR count). The fraction of sp³-hybridized carbons (Fsp3) is 0.964. The molecule has 0 spiro atoms. The number of phosphoric acid groups is 1. The minimum atomic E-state index is -5.12. The lowest BCUT2D eigenvalue weighted by Gasteiger charge is -2.41. The van der Waals surface area contributed by atoms with Gasteiger partial charge in [-0.1, -0.05) is 258 Å². The van der Waals surface area contributed by atoms with Crippen LogP contribution in [0.25, 0.3) is 0 Å². The van der Waals surface area contributed by atoms with Crippen molar-refractivity contribution in [1.82, 2.24) is 0 Å². The zero-order valence-electron chi connectivity index (χ0n) is 44.1. The molecule has 1 aliphatic carbocycles. The van der Waals surface area contributed by atoms with Crippen LogP contribution in [0.15, 0.2) is 0 Å². The monoisotopic (exact) mass is 1010 g/mol. The van der Waals surface area contributed by atoms with Crippen molar-refractivity contribution in [3.05, 3.63) is 0 Å². The summed E-state index contributed by atoms with van der Waals surface area (Å²) < 4.78 is 33.8. The van der Waals surface area contributed by atoms with Crippen LogP contribution < -0.4 is 0 Å². The fourth-order valence-corrected chi connectivity index (χ4v) is 10.3. The van der Waals surface area contributed by atoms with Crippen molar-refractivity contribution in [2.24, 2.45) is 0 Å². The van der Waals surface area contributed by atoms with Gasteiger partial charge in [0, 0.05) is 12.8 Å². The van der Waals surface area contributed by atoms with Crippen LogP contribution in [0.3, 0.4) is 0 Å². The van der Waals surface area contributed by atoms with Gasteiger partial charge in [-0.25, -0.2) is 4.57 Å². The van der Waals surface area contributed by atoms with E-state index in [-0.39, 0.29) is 12.8 Å². The van der Waals surface area contributed by atoms with Gasteiger partial charge in [-0.3, -0.25) is 18.6 Å². The Labute approximate surface area is 421 Å². The normalized spacial score (nSPS) is 20.8. The number of aliphatic hydroxyl groups is 5. The van der Waals surface area contributed by atoms with Gasteiger partial charge >= 0.3 is 19.8 Å². The molecule has 0 aliphatic heterocycles. The lowest BCUT2D eigenvalue weighted by atomic mass is 9.85. The maximum absolute atomic E-state index is 12.9. The second-order valence-electron chi connectivity index (χ2n) is 20.5. The summed E-state index contributed by atoms with van der Waals surface area (Å²) in [6.07, 6.45) is 37.2. The number of carbonyl (C=O) groups is 2. The first-order valence-electron chi connectivity index (χ1n) is 28.8. The molecule has 0 heterocycles. The van der Waals surface area contributed by atoms with Crippen molar-refractivity contribution in [1.29, 1.82) is 0 Å². The maximum Gasteiger partial charge on any atom is 0.472 e. The highest BCUT2D eigenvalue weighted by Crippen LogP contribution is 2.47. The third-order valence-corrected chi connectivity index (χ3v) is 14.9. The summed E-state index contributed by atoms with van der Waals surface area (Å²) in [5.74, 6) is -1.07. The molecular formula is C55H107O13P. The van der Waals surface area contributed by atoms with E-state index in [2.05, 4.69) is 13.8 Å². The highest BCUT2D eigenvalue weighted by atomic mass is 31.2. The van der Waals surface area contributed by atoms with Crippen LogP contribution in [-0.2, 0) is 32.7 Å². The fourth-order valence-electron chi connectivity index (χ4n) is 9.35. The summed E-state index contributed by atoms with van der Waals surface area (Å²) in [5, 5.41) is 50.4. The maximum atomic E-state index is 12.9. The van der Waals surface area contributed by atoms with Gasteiger partial charge in [0.25, 0.3) is 0 Å². The Bertz CT molecular complexity index is 1210. The van der Waals surface area contributed by atoms with Gasteiger partial charge in [0.2, 0.25) is 0 Å². The Hall–Kier alpha value is -1.15. The largest absolute Gasteiger partial charge is 0.472 e. The molecule has 0 saturated heterocycles. The molecule has 0 aromatic heterocycles. The van der Waals surface area contributed by atoms with E-state index < -0.39 is 75.7 Å². The second kappa shape index (κ2) is 45.5. The van der Waals surface area contributed by atoms with Gasteiger partial charge in [0.1, 0.15) is 43.2 Å². The van der Waals surface area contributed by atoms with Crippen LogP contribution >= 0.6 is 7.82 Å². The van der Waals surface area contributed by atoms with Crippen molar-refractivity contribution in [2.75, 3.05) is 13.2 Å². The number of hydrogen-bond acceptors (Lipinski definition) is 12. The molecule has 69 heavy (non-hydrogen) atoms. The summed E-state index contributed by atoms with van der Waals surface area (Å²) in [4.78, 5) is 36.0. The number of ether oxygens (including phenoxy) is 2. The molecule has 6 N–H and O–H groups in total. The molecule has 1 fully saturated rings. The highest BCUT2D eigenvalue weighted by molar-refractivity contribution is 7.47. The van der Waals surface area contributed by atoms with E-state index in [9.17, 15) is 44.6 Å². The lowest BCUT2D eigenvalue weighted by molar-refractivity contribution is -0.220. The quantitative estimate of drug-likeness (QED) is 0.0191. The highest BCUT2D eigenvalue weighted by Gasteiger charge is 2.51. The van der Waals surface area contributed by atoms with Crippen molar-refractivity contribution >= 4 is 19.8 Å². The first-order valence-corrected chi connectivity index (χ1v) is 30.3. The number of hydrogen-bond donors (Lipinski definition) is 6. The summed E-state index contributed by atoms with van der Waals surface area (Å²) in [6.45, 7) is 3.38. The number of unbranched alkanes of at least 4 members (excludes halogenated alkanes) is 38. The van der Waals surface area contributed by atoms with E-state index >= 15 is 0 Å². The molecule has 0 amide bonds. The molecule has 0 aromatic rings. The predicted molar refractivity (Wildman–Crippen MR) is 277 cm³/mol. The third kappa shape index (κ3) is 37.3. The first-order chi connectivity index (χ1) is 33.4. The number of carbonyl (C=O) groups excluding carboxylic acids is 2. The lowest BCUT2D eigenvalue weighted by Crippen LogP contribution is -2.64. The molecule has 1 saturated carbocycles. The zero-order chi connectivity index (χ0) is 50.6. The number of aliphatic hydroxyl groups excluding tert-OH is 5. The van der Waals surface area contributed by atoms with E-state index in [0.717, 1.165) is 38.5 Å². The van der Waals surface area contributed by atoms with Crippen LogP contribution in [0.4, 0.5) is 0 Å². The van der Waals surface area contributed by atoms with Crippen LogP contribution in [0.5, 0.6) is 0 Å². The van der Waals surface area contributed by atoms with E-state index in [1.807, 2.05) is 0 Å². The van der Waals surface area contributed by atoms with Gasteiger partial charge in [0.15, 0.2) is 6.10 Å². The number of rotatable bonds is 50. The first kappa shape index (κ1) is 65.9. The van der Waals surface area contributed by atoms with Crippen LogP contribution in [0.2, 0.25) is 0 Å². The average molecular weight is 1010 g/mol. The van der Waals surface area contributed by atoms with E-state index in [4.69, 9.17) is 18.5 Å². The topological polar surface area (TPSA) is 210 Å². The Morgan fingerprint density at radius 1 is 0.391 bits per heavy atom. The Morgan fingerprint density at radius 2 is 0.652 bits per heavy atom. The Morgan fingerprint density at radius 3 is 0.957 bits per heavy atom. The van der Waals surface area contributed by atoms with Gasteiger partial charge in [-0.05, 0) is 12.8 Å². The Balaban J connectivity index is 2.32. The minimum absolute atomic E-state index is 0.106.